The maximum atomic E-state index is 5.35. The molecule has 1 aliphatic heterocycles. The number of morpholine rings is 1. The van der Waals surface area contributed by atoms with Gasteiger partial charge < -0.3 is 10.1 Å². The van der Waals surface area contributed by atoms with Crippen LogP contribution in [0.2, 0.25) is 0 Å². The van der Waals surface area contributed by atoms with Crippen LogP contribution in [-0.2, 0) is 4.74 Å². The molecule has 4 heteroatoms. The number of hydrogen-bond acceptors (Lipinski definition) is 4. The van der Waals surface area contributed by atoms with Crippen molar-refractivity contribution in [3.8, 4) is 0 Å². The summed E-state index contributed by atoms with van der Waals surface area (Å²) in [4.78, 5) is 3.78. The monoisotopic (exact) mass is 280 g/mol. The summed E-state index contributed by atoms with van der Waals surface area (Å²) in [6.45, 7) is 8.27. The number of rotatable bonds is 6. The fraction of sp³-hybridized carbons (Fsp3) is 0.600. The molecule has 2 rings (SSSR count). The summed E-state index contributed by atoms with van der Waals surface area (Å²) in [6, 6.07) is 9.24. The van der Waals surface area contributed by atoms with Crippen LogP contribution < -0.4 is 5.32 Å². The quantitative estimate of drug-likeness (QED) is 0.809. The summed E-state index contributed by atoms with van der Waals surface area (Å²) in [6.07, 6.45) is 2.11. The molecule has 1 atom stereocenters. The van der Waals surface area contributed by atoms with Gasteiger partial charge in [0.05, 0.1) is 13.2 Å². The molecule has 1 fully saturated rings. The second kappa shape index (κ2) is 7.90. The van der Waals surface area contributed by atoms with Gasteiger partial charge in [0.2, 0.25) is 0 Å². The van der Waals surface area contributed by atoms with Gasteiger partial charge in [0.15, 0.2) is 0 Å². The maximum Gasteiger partial charge on any atom is 0.0594 e. The van der Waals surface area contributed by atoms with E-state index in [4.69, 9.17) is 4.74 Å². The molecule has 1 unspecified atom stereocenters. The first kappa shape index (κ1) is 14.9. The van der Waals surface area contributed by atoms with E-state index >= 15 is 0 Å². The largest absolute Gasteiger partial charge is 0.379 e. The van der Waals surface area contributed by atoms with E-state index in [-0.39, 0.29) is 0 Å². The fourth-order valence-electron chi connectivity index (χ4n) is 2.27. The molecule has 0 bridgehead atoms. The summed E-state index contributed by atoms with van der Waals surface area (Å²) in [5.74, 6) is 0. The molecule has 19 heavy (non-hydrogen) atoms. The fourth-order valence-corrected chi connectivity index (χ4v) is 2.68. The minimum Gasteiger partial charge on any atom is -0.379 e. The van der Waals surface area contributed by atoms with Crippen molar-refractivity contribution in [1.82, 2.24) is 10.2 Å². The highest BCUT2D eigenvalue weighted by molar-refractivity contribution is 7.98. The van der Waals surface area contributed by atoms with Crippen molar-refractivity contribution in [2.75, 3.05) is 45.6 Å². The lowest BCUT2D eigenvalue weighted by Crippen LogP contribution is -2.40. The molecular weight excluding hydrogens is 256 g/mol. The summed E-state index contributed by atoms with van der Waals surface area (Å²) in [5.41, 5.74) is 1.36. The molecule has 0 radical (unpaired) electrons. The Hall–Kier alpha value is -0.550. The average molecular weight is 280 g/mol. The summed E-state index contributed by atoms with van der Waals surface area (Å²) >= 11 is 1.79. The Labute approximate surface area is 120 Å². The zero-order valence-electron chi connectivity index (χ0n) is 11.9. The number of ether oxygens (including phenoxy) is 1. The second-order valence-electron chi connectivity index (χ2n) is 4.90. The Kier molecular flexibility index (Phi) is 6.17. The van der Waals surface area contributed by atoms with E-state index in [1.165, 1.54) is 10.5 Å². The lowest BCUT2D eigenvalue weighted by atomic mass is 10.1. The molecule has 106 valence electrons. The normalized spacial score (nSPS) is 18.4. The first-order chi connectivity index (χ1) is 9.29. The van der Waals surface area contributed by atoms with E-state index in [1.54, 1.807) is 11.8 Å². The third-order valence-corrected chi connectivity index (χ3v) is 4.34. The van der Waals surface area contributed by atoms with Crippen molar-refractivity contribution in [3.05, 3.63) is 29.8 Å². The van der Waals surface area contributed by atoms with Gasteiger partial charge in [-0.15, -0.1) is 11.8 Å². The zero-order valence-corrected chi connectivity index (χ0v) is 12.7. The van der Waals surface area contributed by atoms with Gasteiger partial charge in [0.25, 0.3) is 0 Å². The molecule has 0 aliphatic carbocycles. The van der Waals surface area contributed by atoms with E-state index in [1.807, 2.05) is 0 Å². The Bertz CT molecular complexity index is 363. The highest BCUT2D eigenvalue weighted by Gasteiger charge is 2.10. The van der Waals surface area contributed by atoms with Crippen molar-refractivity contribution in [1.29, 1.82) is 0 Å². The van der Waals surface area contributed by atoms with E-state index in [9.17, 15) is 0 Å². The number of benzene rings is 1. The highest BCUT2D eigenvalue weighted by Crippen LogP contribution is 2.18. The van der Waals surface area contributed by atoms with Crippen molar-refractivity contribution >= 4 is 11.8 Å². The third-order valence-electron chi connectivity index (χ3n) is 3.60. The second-order valence-corrected chi connectivity index (χ2v) is 5.78. The molecule has 1 heterocycles. The molecule has 1 aromatic rings. The molecular formula is C15H24N2OS. The van der Waals surface area contributed by atoms with E-state index in [0.29, 0.717) is 6.04 Å². The standard InChI is InChI=1S/C15H24N2OS/c1-13(14-3-5-15(19-2)6-4-14)16-7-8-17-9-11-18-12-10-17/h3-6,13,16H,7-12H2,1-2H3. The van der Waals surface area contributed by atoms with Crippen LogP contribution in [0.25, 0.3) is 0 Å². The average Bonchev–Trinajstić information content (AvgIpc) is 2.48. The van der Waals surface area contributed by atoms with Crippen molar-refractivity contribution in [3.63, 3.8) is 0 Å². The number of hydrogen-bond donors (Lipinski definition) is 1. The van der Waals surface area contributed by atoms with Crippen LogP contribution in [0.5, 0.6) is 0 Å². The number of nitrogens with zero attached hydrogens (tertiary/aromatic N) is 1. The predicted molar refractivity (Wildman–Crippen MR) is 81.9 cm³/mol. The van der Waals surface area contributed by atoms with Gasteiger partial charge in [-0.05, 0) is 30.9 Å². The van der Waals surface area contributed by atoms with Crippen LogP contribution in [0.4, 0.5) is 0 Å². The summed E-state index contributed by atoms with van der Waals surface area (Å²) in [5, 5.41) is 3.59. The summed E-state index contributed by atoms with van der Waals surface area (Å²) in [7, 11) is 0. The maximum absolute atomic E-state index is 5.35. The molecule has 3 nitrogen and oxygen atoms in total. The Balaban J connectivity index is 1.72. The first-order valence-corrected chi connectivity index (χ1v) is 8.19. The van der Waals surface area contributed by atoms with Crippen molar-refractivity contribution < 1.29 is 4.74 Å². The van der Waals surface area contributed by atoms with Gasteiger partial charge in [-0.25, -0.2) is 0 Å². The van der Waals surface area contributed by atoms with Gasteiger partial charge in [-0.1, -0.05) is 12.1 Å². The van der Waals surface area contributed by atoms with Crippen LogP contribution in [0.3, 0.4) is 0 Å². The minimum atomic E-state index is 0.414. The Morgan fingerprint density at radius 1 is 1.26 bits per heavy atom. The minimum absolute atomic E-state index is 0.414. The van der Waals surface area contributed by atoms with Crippen LogP contribution in [0.1, 0.15) is 18.5 Å². The van der Waals surface area contributed by atoms with Gasteiger partial charge in [0, 0.05) is 37.1 Å². The molecule has 0 aromatic heterocycles. The highest BCUT2D eigenvalue weighted by atomic mass is 32.2. The SMILES string of the molecule is CSc1ccc(C(C)NCCN2CCOCC2)cc1. The number of nitrogens with one attached hydrogen (secondary N) is 1. The van der Waals surface area contributed by atoms with Gasteiger partial charge in [-0.2, -0.15) is 0 Å². The van der Waals surface area contributed by atoms with Gasteiger partial charge in [0.1, 0.15) is 0 Å². The molecule has 0 amide bonds. The lowest BCUT2D eigenvalue weighted by Gasteiger charge is -2.27. The van der Waals surface area contributed by atoms with Crippen LogP contribution in [0.15, 0.2) is 29.2 Å². The van der Waals surface area contributed by atoms with E-state index in [2.05, 4.69) is 47.7 Å². The van der Waals surface area contributed by atoms with E-state index in [0.717, 1.165) is 39.4 Å². The topological polar surface area (TPSA) is 24.5 Å². The Morgan fingerprint density at radius 2 is 1.95 bits per heavy atom. The third kappa shape index (κ3) is 4.80. The molecule has 0 saturated carbocycles. The Morgan fingerprint density at radius 3 is 2.58 bits per heavy atom. The first-order valence-electron chi connectivity index (χ1n) is 6.97. The molecule has 1 aliphatic rings. The number of thioether (sulfide) groups is 1. The van der Waals surface area contributed by atoms with E-state index < -0.39 is 0 Å². The van der Waals surface area contributed by atoms with Crippen molar-refractivity contribution in [2.45, 2.75) is 17.9 Å². The van der Waals surface area contributed by atoms with Crippen molar-refractivity contribution in [2.24, 2.45) is 0 Å². The van der Waals surface area contributed by atoms with Crippen LogP contribution >= 0.6 is 11.8 Å². The smallest absolute Gasteiger partial charge is 0.0594 e. The van der Waals surface area contributed by atoms with Gasteiger partial charge in [-0.3, -0.25) is 4.90 Å². The van der Waals surface area contributed by atoms with Crippen LogP contribution in [0, 0.1) is 0 Å². The zero-order chi connectivity index (χ0) is 13.5. The lowest BCUT2D eigenvalue weighted by molar-refractivity contribution is 0.0382. The molecule has 1 saturated heterocycles. The van der Waals surface area contributed by atoms with Crippen LogP contribution in [-0.4, -0.2) is 50.5 Å². The molecule has 0 spiro atoms. The van der Waals surface area contributed by atoms with Gasteiger partial charge >= 0.3 is 0 Å². The predicted octanol–water partition coefficient (Wildman–Crippen LogP) is 2.39. The molecule has 1 N–H and O–H groups in total. The molecule has 1 aromatic carbocycles. The summed E-state index contributed by atoms with van der Waals surface area (Å²) < 4.78 is 5.35.